The number of ether oxygens (including phenoxy) is 1. The predicted octanol–water partition coefficient (Wildman–Crippen LogP) is 3.10. The lowest BCUT2D eigenvalue weighted by molar-refractivity contribution is -0.384. The van der Waals surface area contributed by atoms with E-state index in [4.69, 9.17) is 4.74 Å². The number of nitro groups is 1. The zero-order chi connectivity index (χ0) is 20.4. The average molecular weight is 375 g/mol. The van der Waals surface area contributed by atoms with Crippen molar-refractivity contribution in [1.82, 2.24) is 0 Å². The first kappa shape index (κ1) is 20.3. The van der Waals surface area contributed by atoms with Gasteiger partial charge in [-0.25, -0.2) is 0 Å². The Morgan fingerprint density at radius 2 is 2.04 bits per heavy atom. The standard InChI is InChI=1S/C18H21N3O6/c1-5-27-17(24)14-16(23)15(13(22)9-18(14,3)4)20-19-11-7-6-10(2)8-12(11)21(25)26/h6-8,14-15H,5,9H2,1-4H3. The highest BCUT2D eigenvalue weighted by atomic mass is 16.6. The van der Waals surface area contributed by atoms with Gasteiger partial charge in [-0.2, -0.15) is 5.11 Å². The number of azo groups is 1. The highest BCUT2D eigenvalue weighted by molar-refractivity contribution is 6.16. The molecule has 1 aromatic rings. The summed E-state index contributed by atoms with van der Waals surface area (Å²) in [5.74, 6) is -3.04. The highest BCUT2D eigenvalue weighted by Crippen LogP contribution is 2.39. The van der Waals surface area contributed by atoms with Crippen LogP contribution in [0.4, 0.5) is 11.4 Å². The minimum atomic E-state index is -1.48. The molecule has 0 amide bonds. The number of rotatable bonds is 5. The van der Waals surface area contributed by atoms with E-state index in [0.29, 0.717) is 5.56 Å². The van der Waals surface area contributed by atoms with Crippen molar-refractivity contribution in [1.29, 1.82) is 0 Å². The van der Waals surface area contributed by atoms with Crippen LogP contribution in [0.2, 0.25) is 0 Å². The van der Waals surface area contributed by atoms with Gasteiger partial charge in [-0.15, -0.1) is 5.11 Å². The van der Waals surface area contributed by atoms with Crippen molar-refractivity contribution in [2.45, 2.75) is 40.2 Å². The van der Waals surface area contributed by atoms with Crippen LogP contribution in [0.3, 0.4) is 0 Å². The van der Waals surface area contributed by atoms with Crippen LogP contribution in [0.15, 0.2) is 28.4 Å². The number of ketones is 2. The monoisotopic (exact) mass is 375 g/mol. The molecule has 9 nitrogen and oxygen atoms in total. The average Bonchev–Trinajstić information content (AvgIpc) is 2.54. The molecule has 144 valence electrons. The maximum Gasteiger partial charge on any atom is 0.317 e. The number of aryl methyl sites for hydroxylation is 1. The predicted molar refractivity (Wildman–Crippen MR) is 94.7 cm³/mol. The Kier molecular flexibility index (Phi) is 5.82. The maximum atomic E-state index is 12.8. The van der Waals surface area contributed by atoms with Gasteiger partial charge >= 0.3 is 5.97 Å². The quantitative estimate of drug-likeness (QED) is 0.256. The largest absolute Gasteiger partial charge is 0.465 e. The molecule has 2 unspecified atom stereocenters. The lowest BCUT2D eigenvalue weighted by atomic mass is 9.66. The molecule has 0 aromatic heterocycles. The summed E-state index contributed by atoms with van der Waals surface area (Å²) in [5.41, 5.74) is -0.586. The van der Waals surface area contributed by atoms with Crippen LogP contribution >= 0.6 is 0 Å². The molecular weight excluding hydrogens is 354 g/mol. The van der Waals surface area contributed by atoms with Gasteiger partial charge in [0.05, 0.1) is 11.5 Å². The molecule has 2 atom stereocenters. The maximum absolute atomic E-state index is 12.8. The second-order valence-corrected chi connectivity index (χ2v) is 7.09. The third-order valence-electron chi connectivity index (χ3n) is 4.40. The Balaban J connectivity index is 2.37. The number of nitro benzene ring substituents is 1. The van der Waals surface area contributed by atoms with Crippen molar-refractivity contribution < 1.29 is 24.0 Å². The summed E-state index contributed by atoms with van der Waals surface area (Å²) in [6.45, 7) is 6.70. The van der Waals surface area contributed by atoms with E-state index in [1.54, 1.807) is 33.8 Å². The van der Waals surface area contributed by atoms with Crippen LogP contribution in [-0.2, 0) is 19.1 Å². The second-order valence-electron chi connectivity index (χ2n) is 7.09. The van der Waals surface area contributed by atoms with E-state index in [1.807, 2.05) is 0 Å². The van der Waals surface area contributed by atoms with Crippen LogP contribution in [0.5, 0.6) is 0 Å². The molecule has 0 N–H and O–H groups in total. The number of Topliss-reactive ketones (excluding diaryl/α,β-unsaturated/α-hetero) is 2. The van der Waals surface area contributed by atoms with Gasteiger partial charge in [0.25, 0.3) is 5.69 Å². The summed E-state index contributed by atoms with van der Waals surface area (Å²) in [6, 6.07) is 2.84. The number of nitrogens with zero attached hydrogens (tertiary/aromatic N) is 3. The number of hydrogen-bond acceptors (Lipinski definition) is 8. The minimum Gasteiger partial charge on any atom is -0.465 e. The third-order valence-corrected chi connectivity index (χ3v) is 4.40. The third kappa shape index (κ3) is 4.24. The molecule has 0 heterocycles. The van der Waals surface area contributed by atoms with Crippen molar-refractivity contribution in [2.24, 2.45) is 21.6 Å². The molecule has 9 heteroatoms. The molecule has 1 aliphatic rings. The van der Waals surface area contributed by atoms with E-state index in [1.165, 1.54) is 12.1 Å². The number of benzene rings is 1. The van der Waals surface area contributed by atoms with Gasteiger partial charge < -0.3 is 4.74 Å². The molecule has 0 spiro atoms. The number of carbonyl (C=O) groups excluding carboxylic acids is 3. The first-order valence-corrected chi connectivity index (χ1v) is 8.47. The van der Waals surface area contributed by atoms with Crippen molar-refractivity contribution in [3.8, 4) is 0 Å². The Bertz CT molecular complexity index is 830. The van der Waals surface area contributed by atoms with Crippen LogP contribution < -0.4 is 0 Å². The minimum absolute atomic E-state index is 0.0537. The lowest BCUT2D eigenvalue weighted by Crippen LogP contribution is -2.51. The SMILES string of the molecule is CCOC(=O)C1C(=O)C(N=Nc2ccc(C)cc2[N+](=O)[O-])C(=O)CC1(C)C. The summed E-state index contributed by atoms with van der Waals surface area (Å²) in [7, 11) is 0. The van der Waals surface area contributed by atoms with Crippen molar-refractivity contribution in [3.05, 3.63) is 33.9 Å². The Hall–Kier alpha value is -2.97. The fourth-order valence-electron chi connectivity index (χ4n) is 3.12. The molecule has 1 saturated carbocycles. The van der Waals surface area contributed by atoms with Crippen molar-refractivity contribution >= 4 is 28.9 Å². The Morgan fingerprint density at radius 1 is 1.37 bits per heavy atom. The van der Waals surface area contributed by atoms with E-state index in [-0.39, 0.29) is 24.4 Å². The van der Waals surface area contributed by atoms with Gasteiger partial charge in [0, 0.05) is 12.5 Å². The molecule has 27 heavy (non-hydrogen) atoms. The zero-order valence-electron chi connectivity index (χ0n) is 15.6. The Labute approximate surface area is 156 Å². The van der Waals surface area contributed by atoms with Gasteiger partial charge in [-0.1, -0.05) is 19.9 Å². The van der Waals surface area contributed by atoms with E-state index < -0.39 is 39.8 Å². The molecule has 1 aromatic carbocycles. The van der Waals surface area contributed by atoms with E-state index in [9.17, 15) is 24.5 Å². The zero-order valence-corrected chi connectivity index (χ0v) is 15.6. The molecule has 0 saturated heterocycles. The number of hydrogen-bond donors (Lipinski definition) is 0. The highest BCUT2D eigenvalue weighted by Gasteiger charge is 2.52. The molecule has 2 rings (SSSR count). The first-order chi connectivity index (χ1) is 12.6. The molecule has 0 radical (unpaired) electrons. The van der Waals surface area contributed by atoms with Crippen LogP contribution in [0, 0.1) is 28.4 Å². The van der Waals surface area contributed by atoms with Crippen LogP contribution in [0.25, 0.3) is 0 Å². The lowest BCUT2D eigenvalue weighted by Gasteiger charge is -2.36. The molecule has 0 bridgehead atoms. The molecule has 0 aliphatic heterocycles. The topological polar surface area (TPSA) is 128 Å². The van der Waals surface area contributed by atoms with Gasteiger partial charge in [-0.3, -0.25) is 24.5 Å². The van der Waals surface area contributed by atoms with Crippen LogP contribution in [0.1, 0.15) is 32.8 Å². The fraction of sp³-hybridized carbons (Fsp3) is 0.500. The number of carbonyl (C=O) groups is 3. The summed E-state index contributed by atoms with van der Waals surface area (Å²) in [5, 5.41) is 18.7. The van der Waals surface area contributed by atoms with E-state index in [0.717, 1.165) is 0 Å². The molecule has 1 fully saturated rings. The number of esters is 1. The Morgan fingerprint density at radius 3 is 2.63 bits per heavy atom. The molecular formula is C18H21N3O6. The normalized spacial score (nSPS) is 22.1. The smallest absolute Gasteiger partial charge is 0.317 e. The first-order valence-electron chi connectivity index (χ1n) is 8.47. The van der Waals surface area contributed by atoms with Crippen LogP contribution in [-0.4, -0.2) is 35.1 Å². The van der Waals surface area contributed by atoms with Gasteiger partial charge in [0.15, 0.2) is 23.3 Å². The fourth-order valence-corrected chi connectivity index (χ4v) is 3.12. The van der Waals surface area contributed by atoms with Crippen molar-refractivity contribution in [2.75, 3.05) is 6.61 Å². The van der Waals surface area contributed by atoms with Gasteiger partial charge in [0.1, 0.15) is 5.92 Å². The molecule has 1 aliphatic carbocycles. The summed E-state index contributed by atoms with van der Waals surface area (Å²) in [4.78, 5) is 47.9. The van der Waals surface area contributed by atoms with E-state index >= 15 is 0 Å². The van der Waals surface area contributed by atoms with Gasteiger partial charge in [-0.05, 0) is 30.9 Å². The van der Waals surface area contributed by atoms with Crippen molar-refractivity contribution in [3.63, 3.8) is 0 Å². The van der Waals surface area contributed by atoms with E-state index in [2.05, 4.69) is 10.2 Å². The van der Waals surface area contributed by atoms with Gasteiger partial charge in [0.2, 0.25) is 0 Å². The summed E-state index contributed by atoms with van der Waals surface area (Å²) < 4.78 is 4.96. The summed E-state index contributed by atoms with van der Waals surface area (Å²) in [6.07, 6.45) is -0.0537. The summed E-state index contributed by atoms with van der Waals surface area (Å²) >= 11 is 0. The second kappa shape index (κ2) is 7.73.